The lowest BCUT2D eigenvalue weighted by Crippen LogP contribution is -1.95. The van der Waals surface area contributed by atoms with E-state index < -0.39 is 0 Å². The number of hydrogen-bond donors (Lipinski definition) is 0. The molecule has 27 aromatic rings. The van der Waals surface area contributed by atoms with Crippen molar-refractivity contribution in [3.8, 4) is 50.4 Å². The molecule has 0 unspecified atom stereocenters. The Labute approximate surface area is 686 Å². The lowest BCUT2D eigenvalue weighted by molar-refractivity contribution is 1.18. The molecule has 10 aromatic heterocycles. The van der Waals surface area contributed by atoms with Crippen molar-refractivity contribution in [2.75, 3.05) is 0 Å². The van der Waals surface area contributed by atoms with Gasteiger partial charge >= 0.3 is 0 Å². The number of hydrogen-bond acceptors (Lipinski definition) is 4. The van der Waals surface area contributed by atoms with E-state index in [-0.39, 0.29) is 0 Å². The molecule has 27 rings (SSSR count). The topological polar surface area (TPSA) is 79.6 Å². The molecule has 0 aliphatic rings. The molecule has 0 atom stereocenters. The molecule has 0 bridgehead atoms. The van der Waals surface area contributed by atoms with Crippen LogP contribution in [0.25, 0.3) is 231 Å². The van der Waals surface area contributed by atoms with E-state index in [2.05, 4.69) is 421 Å². The molecule has 10 heterocycles. The van der Waals surface area contributed by atoms with Crippen molar-refractivity contribution in [2.45, 2.75) is 0 Å². The Morgan fingerprint density at radius 3 is 0.850 bits per heavy atom. The third kappa shape index (κ3) is 10.3. The van der Waals surface area contributed by atoms with Crippen molar-refractivity contribution in [2.24, 2.45) is 0 Å². The van der Waals surface area contributed by atoms with Crippen LogP contribution in [0.3, 0.4) is 0 Å². The summed E-state index contributed by atoms with van der Waals surface area (Å²) in [6.07, 6.45) is 1.87. The zero-order chi connectivity index (χ0) is 78.6. The summed E-state index contributed by atoms with van der Waals surface area (Å²) in [4.78, 5) is 19.9. The lowest BCUT2D eigenvalue weighted by Gasteiger charge is -2.13. The summed E-state index contributed by atoms with van der Waals surface area (Å²) < 4.78 is 14.0. The van der Waals surface area contributed by atoms with E-state index in [9.17, 15) is 0 Å². The average molecular weight is 1530 g/mol. The first-order chi connectivity index (χ1) is 59.5. The van der Waals surface area contributed by atoms with Gasteiger partial charge in [0.1, 0.15) is 16.9 Å². The fourth-order valence-corrected chi connectivity index (χ4v) is 19.4. The normalized spacial score (nSPS) is 12.0. The minimum absolute atomic E-state index is 0.938. The highest BCUT2D eigenvalue weighted by atomic mass is 15.0. The molecule has 0 aliphatic carbocycles. The van der Waals surface area contributed by atoms with Crippen LogP contribution in [0.5, 0.6) is 0 Å². The number of imidazole rings is 3. The molecule has 558 valence electrons. The van der Waals surface area contributed by atoms with Gasteiger partial charge in [-0.25, -0.2) is 15.0 Å². The highest BCUT2D eigenvalue weighted by Gasteiger charge is 2.22. The Hall–Kier alpha value is -16.3. The van der Waals surface area contributed by atoms with E-state index in [1.54, 1.807) is 0 Å². The number of fused-ring (bicyclic) bond motifs is 33. The van der Waals surface area contributed by atoms with E-state index in [4.69, 9.17) is 19.9 Å². The Morgan fingerprint density at radius 1 is 0.158 bits per heavy atom. The van der Waals surface area contributed by atoms with Gasteiger partial charge in [-0.3, -0.25) is 18.2 Å². The number of rotatable bonds is 6. The average Bonchev–Trinajstić information content (AvgIpc) is 1.50. The van der Waals surface area contributed by atoms with Gasteiger partial charge in [-0.2, -0.15) is 0 Å². The van der Waals surface area contributed by atoms with Gasteiger partial charge in [0.05, 0.1) is 88.3 Å². The van der Waals surface area contributed by atoms with Gasteiger partial charge in [0.25, 0.3) is 0 Å². The maximum Gasteiger partial charge on any atom is 0.147 e. The molecular formula is C110H68N10. The molecule has 0 fully saturated rings. The Morgan fingerprint density at radius 2 is 0.433 bits per heavy atom. The molecule has 0 N–H and O–H groups in total. The van der Waals surface area contributed by atoms with Gasteiger partial charge in [0.15, 0.2) is 0 Å². The van der Waals surface area contributed by atoms with Gasteiger partial charge in [-0.1, -0.05) is 255 Å². The van der Waals surface area contributed by atoms with Crippen LogP contribution in [-0.4, -0.2) is 46.8 Å². The minimum atomic E-state index is 0.938. The van der Waals surface area contributed by atoms with E-state index in [1.807, 2.05) is 18.3 Å². The molecule has 120 heavy (non-hydrogen) atoms. The maximum absolute atomic E-state index is 5.06. The number of nitrogens with zero attached hydrogens (tertiary/aromatic N) is 10. The predicted molar refractivity (Wildman–Crippen MR) is 500 cm³/mol. The molecule has 0 saturated carbocycles. The van der Waals surface area contributed by atoms with Gasteiger partial charge in [-0.15, -0.1) is 0 Å². The van der Waals surface area contributed by atoms with Crippen molar-refractivity contribution in [3.63, 3.8) is 0 Å². The number of pyridine rings is 4. The van der Waals surface area contributed by atoms with Gasteiger partial charge in [0.2, 0.25) is 0 Å². The first-order valence-electron chi connectivity index (χ1n) is 40.8. The third-order valence-corrected chi connectivity index (χ3v) is 24.7. The van der Waals surface area contributed by atoms with Crippen LogP contribution in [0, 0.1) is 0 Å². The quantitative estimate of drug-likeness (QED) is 0.155. The first-order valence-corrected chi connectivity index (χ1v) is 40.8. The van der Waals surface area contributed by atoms with E-state index in [0.29, 0.717) is 0 Å². The minimum Gasteiger partial charge on any atom is -0.309 e. The second kappa shape index (κ2) is 26.6. The molecule has 10 nitrogen and oxygen atoms in total. The Kier molecular flexibility index (Phi) is 14.9. The largest absolute Gasteiger partial charge is 0.309 e. The second-order valence-electron chi connectivity index (χ2n) is 31.2. The van der Waals surface area contributed by atoms with Gasteiger partial charge < -0.3 is 13.7 Å². The molecule has 17 aromatic carbocycles. The SMILES string of the molecule is c1cc(-c2ccc3c(c2)c2ccccc2n2c4ccccc4nc32)cc(-n2c3ccccc3c3ccccc32)c1.c1cc(-c2ccc3c4ccccc4c4nc5ccccc5n4c3c2)cc(-n2c3ccccc3c3ccccc32)c1.c1cc(-c2ccc3c4ncccc4c4nc5ccccc5n4c3c2)cc(-n2c3ccccc3c3ccccc32)c1. The van der Waals surface area contributed by atoms with Crippen LogP contribution >= 0.6 is 0 Å². The number of benzene rings is 17. The van der Waals surface area contributed by atoms with Crippen molar-refractivity contribution < 1.29 is 0 Å². The fourth-order valence-electron chi connectivity index (χ4n) is 19.4. The van der Waals surface area contributed by atoms with Crippen LogP contribution in [0.2, 0.25) is 0 Å². The van der Waals surface area contributed by atoms with Crippen LogP contribution < -0.4 is 0 Å². The van der Waals surface area contributed by atoms with Crippen LogP contribution in [0.15, 0.2) is 413 Å². The molecule has 0 amide bonds. The van der Waals surface area contributed by atoms with Crippen LogP contribution in [0.1, 0.15) is 0 Å². The summed E-state index contributed by atoms with van der Waals surface area (Å²) in [5, 5.41) is 17.1. The predicted octanol–water partition coefficient (Wildman–Crippen LogP) is 28.1. The van der Waals surface area contributed by atoms with E-state index in [1.165, 1.54) is 131 Å². The Balaban J connectivity index is 0.0000000997. The number of aromatic nitrogens is 10. The van der Waals surface area contributed by atoms with Crippen molar-refractivity contribution in [1.29, 1.82) is 0 Å². The van der Waals surface area contributed by atoms with Crippen LogP contribution in [-0.2, 0) is 0 Å². The zero-order valence-electron chi connectivity index (χ0n) is 64.7. The smallest absolute Gasteiger partial charge is 0.147 e. The maximum atomic E-state index is 5.06. The second-order valence-corrected chi connectivity index (χ2v) is 31.2. The summed E-state index contributed by atoms with van der Waals surface area (Å²) in [7, 11) is 0. The van der Waals surface area contributed by atoms with Gasteiger partial charge in [0, 0.05) is 87.9 Å². The first kappa shape index (κ1) is 67.1. The molecule has 0 spiro atoms. The monoisotopic (exact) mass is 1530 g/mol. The lowest BCUT2D eigenvalue weighted by atomic mass is 9.98. The van der Waals surface area contributed by atoms with E-state index >= 15 is 0 Å². The zero-order valence-corrected chi connectivity index (χ0v) is 64.7. The summed E-state index contributed by atoms with van der Waals surface area (Å²) in [5.74, 6) is 0. The summed E-state index contributed by atoms with van der Waals surface area (Å²) >= 11 is 0. The van der Waals surface area contributed by atoms with Crippen LogP contribution in [0.4, 0.5) is 0 Å². The standard InChI is InChI=1S/2C37H23N3.C36H22N4/c1-5-16-33-27(12-1)28-13-2-6-17-34(28)39(33)26-11-9-10-24(22-26)25-20-21-30-31(23-25)29-14-3-7-18-35(29)40-36-19-8-4-15-32(36)38-37(30)40;1-2-15-31-27(12-1)30-21-20-25(23-36(30)40-35-19-8-5-16-32(35)38-37(31)40)24-10-9-11-26(22-24)39-33-17-6-3-13-28(33)29-14-4-7-18-34(29)39;1-4-15-31-26(11-1)27-12-2-5-16-32(27)39(31)25-10-7-9-23(21-25)24-18-19-28-34(22-24)40-33-17-6-3-14-30(33)38-36(40)29-13-8-20-37-35(28)29/h2*1-23H;1-22H. The highest BCUT2D eigenvalue weighted by Crippen LogP contribution is 2.43. The molecule has 0 radical (unpaired) electrons. The Bertz CT molecular complexity index is 8470. The molecular weight excluding hydrogens is 1460 g/mol. The van der Waals surface area contributed by atoms with E-state index in [0.717, 1.165) is 99.9 Å². The summed E-state index contributed by atoms with van der Waals surface area (Å²) in [6, 6.07) is 146. The highest BCUT2D eigenvalue weighted by molar-refractivity contribution is 6.18. The van der Waals surface area contributed by atoms with Gasteiger partial charge in [-0.05, 0) is 196 Å². The molecule has 10 heteroatoms. The van der Waals surface area contributed by atoms with Crippen molar-refractivity contribution in [1.82, 2.24) is 46.8 Å². The fraction of sp³-hybridized carbons (Fsp3) is 0. The third-order valence-electron chi connectivity index (χ3n) is 24.7. The van der Waals surface area contributed by atoms with Crippen molar-refractivity contribution in [3.05, 3.63) is 413 Å². The van der Waals surface area contributed by atoms with Crippen molar-refractivity contribution >= 4 is 181 Å². The number of para-hydroxylation sites is 13. The molecule has 0 aliphatic heterocycles. The summed E-state index contributed by atoms with van der Waals surface area (Å²) in [6.45, 7) is 0. The summed E-state index contributed by atoms with van der Waals surface area (Å²) in [5.41, 5.74) is 31.6. The molecule has 0 saturated heterocycles.